The molecule has 0 bridgehead atoms. The molecule has 5 nitrogen and oxygen atoms in total. The van der Waals surface area contributed by atoms with Gasteiger partial charge in [0, 0.05) is 24.2 Å². The van der Waals surface area contributed by atoms with Gasteiger partial charge in [-0.1, -0.05) is 6.07 Å². The summed E-state index contributed by atoms with van der Waals surface area (Å²) in [6.45, 7) is 0.307. The molecule has 1 aromatic heterocycles. The first-order valence-corrected chi connectivity index (χ1v) is 7.27. The zero-order chi connectivity index (χ0) is 17.4. The molecule has 0 spiro atoms. The molecule has 1 aromatic carbocycles. The number of ether oxygens (including phenoxy) is 1. The fraction of sp³-hybridized carbons (Fsp3) is 0.235. The molecule has 0 radical (unpaired) electrons. The van der Waals surface area contributed by atoms with Crippen LogP contribution in [0.5, 0.6) is 5.75 Å². The average Bonchev–Trinajstić information content (AvgIpc) is 2.58. The molecule has 1 N–H and O–H groups in total. The van der Waals surface area contributed by atoms with E-state index in [1.54, 1.807) is 30.6 Å². The maximum atomic E-state index is 13.7. The van der Waals surface area contributed by atoms with Crippen molar-refractivity contribution in [1.29, 1.82) is 5.26 Å². The number of nitrogens with one attached hydrogen (secondary N) is 1. The summed E-state index contributed by atoms with van der Waals surface area (Å²) in [7, 11) is 0. The second-order valence-corrected chi connectivity index (χ2v) is 4.94. The number of carbonyl (C=O) groups is 1. The van der Waals surface area contributed by atoms with Gasteiger partial charge in [0.25, 0.3) is 0 Å². The SMILES string of the molecule is N#C[C@H](NC(=O)CCCOc1cccnc1)c1ccc(F)cc1F. The Hall–Kier alpha value is -3.01. The van der Waals surface area contributed by atoms with Crippen molar-refractivity contribution < 1.29 is 18.3 Å². The predicted molar refractivity (Wildman–Crippen MR) is 81.8 cm³/mol. The van der Waals surface area contributed by atoms with E-state index >= 15 is 0 Å². The van der Waals surface area contributed by atoms with Crippen LogP contribution >= 0.6 is 0 Å². The van der Waals surface area contributed by atoms with E-state index in [0.717, 1.165) is 12.1 Å². The number of nitrogens with zero attached hydrogens (tertiary/aromatic N) is 2. The van der Waals surface area contributed by atoms with Crippen molar-refractivity contribution in [2.45, 2.75) is 18.9 Å². The highest BCUT2D eigenvalue weighted by Crippen LogP contribution is 2.18. The molecule has 0 unspecified atom stereocenters. The van der Waals surface area contributed by atoms with E-state index in [-0.39, 0.29) is 12.0 Å². The first-order chi connectivity index (χ1) is 11.6. The van der Waals surface area contributed by atoms with Gasteiger partial charge in [-0.05, 0) is 24.6 Å². The smallest absolute Gasteiger partial charge is 0.221 e. The van der Waals surface area contributed by atoms with Crippen LogP contribution < -0.4 is 10.1 Å². The van der Waals surface area contributed by atoms with E-state index in [1.807, 2.05) is 0 Å². The lowest BCUT2D eigenvalue weighted by molar-refractivity contribution is -0.121. The normalized spacial score (nSPS) is 11.4. The Morgan fingerprint density at radius 1 is 1.38 bits per heavy atom. The zero-order valence-electron chi connectivity index (χ0n) is 12.7. The fourth-order valence-corrected chi connectivity index (χ4v) is 2.00. The third kappa shape index (κ3) is 5.02. The van der Waals surface area contributed by atoms with Gasteiger partial charge in [0.15, 0.2) is 0 Å². The minimum absolute atomic E-state index is 0.0705. The quantitative estimate of drug-likeness (QED) is 0.792. The predicted octanol–water partition coefficient (Wildman–Crippen LogP) is 2.90. The first-order valence-electron chi connectivity index (χ1n) is 7.27. The summed E-state index contributed by atoms with van der Waals surface area (Å²) in [6.07, 6.45) is 3.71. The van der Waals surface area contributed by atoms with Crippen molar-refractivity contribution in [2.24, 2.45) is 0 Å². The summed E-state index contributed by atoms with van der Waals surface area (Å²) in [5.74, 6) is -1.44. The number of benzene rings is 1. The second kappa shape index (κ2) is 8.58. The lowest BCUT2D eigenvalue weighted by atomic mass is 10.1. The molecular weight excluding hydrogens is 316 g/mol. The summed E-state index contributed by atoms with van der Waals surface area (Å²) >= 11 is 0. The van der Waals surface area contributed by atoms with Gasteiger partial charge >= 0.3 is 0 Å². The molecule has 1 amide bonds. The van der Waals surface area contributed by atoms with E-state index in [1.165, 1.54) is 0 Å². The number of aromatic nitrogens is 1. The van der Waals surface area contributed by atoms with Gasteiger partial charge in [-0.25, -0.2) is 8.78 Å². The number of rotatable bonds is 7. The van der Waals surface area contributed by atoms with Crippen molar-refractivity contribution in [3.8, 4) is 11.8 Å². The molecular formula is C17H15F2N3O2. The minimum Gasteiger partial charge on any atom is -0.492 e. The first kappa shape index (κ1) is 17.3. The molecule has 2 rings (SSSR count). The number of hydrogen-bond acceptors (Lipinski definition) is 4. The number of nitriles is 1. The standard InChI is InChI=1S/C17H15F2N3O2/c18-12-5-6-14(15(19)9-12)16(10-20)22-17(23)4-2-8-24-13-3-1-7-21-11-13/h1,3,5-7,9,11,16H,2,4,8H2,(H,22,23)/t16-/m0/s1. The number of amides is 1. The van der Waals surface area contributed by atoms with Crippen LogP contribution in [0.4, 0.5) is 8.78 Å². The van der Waals surface area contributed by atoms with Crippen LogP contribution in [0.15, 0.2) is 42.7 Å². The Bertz CT molecular complexity index is 732. The van der Waals surface area contributed by atoms with E-state index in [4.69, 9.17) is 10.00 Å². The van der Waals surface area contributed by atoms with E-state index in [0.29, 0.717) is 24.8 Å². The fourth-order valence-electron chi connectivity index (χ4n) is 2.00. The van der Waals surface area contributed by atoms with Crippen LogP contribution in [0.3, 0.4) is 0 Å². The Morgan fingerprint density at radius 2 is 2.21 bits per heavy atom. The minimum atomic E-state index is -1.17. The highest BCUT2D eigenvalue weighted by Gasteiger charge is 2.18. The van der Waals surface area contributed by atoms with Crippen molar-refractivity contribution in [3.05, 3.63) is 59.9 Å². The largest absolute Gasteiger partial charge is 0.492 e. The lowest BCUT2D eigenvalue weighted by Gasteiger charge is -2.13. The van der Waals surface area contributed by atoms with Gasteiger partial charge in [0.05, 0.1) is 18.9 Å². The highest BCUT2D eigenvalue weighted by molar-refractivity contribution is 5.76. The van der Waals surface area contributed by atoms with E-state index in [2.05, 4.69) is 10.3 Å². The third-order valence-corrected chi connectivity index (χ3v) is 3.16. The Labute approximate surface area is 137 Å². The van der Waals surface area contributed by atoms with Gasteiger partial charge in [-0.15, -0.1) is 0 Å². The topological polar surface area (TPSA) is 75.0 Å². The number of pyridine rings is 1. The third-order valence-electron chi connectivity index (χ3n) is 3.16. The number of halogens is 2. The van der Waals surface area contributed by atoms with Gasteiger partial charge in [0.2, 0.25) is 5.91 Å². The maximum Gasteiger partial charge on any atom is 0.221 e. The van der Waals surface area contributed by atoms with Gasteiger partial charge in [-0.2, -0.15) is 5.26 Å². The van der Waals surface area contributed by atoms with E-state index in [9.17, 15) is 13.6 Å². The molecule has 2 aromatic rings. The Balaban J connectivity index is 1.81. The van der Waals surface area contributed by atoms with Gasteiger partial charge in [-0.3, -0.25) is 9.78 Å². The van der Waals surface area contributed by atoms with Gasteiger partial charge < -0.3 is 10.1 Å². The monoisotopic (exact) mass is 331 g/mol. The summed E-state index contributed by atoms with van der Waals surface area (Å²) in [4.78, 5) is 15.7. The lowest BCUT2D eigenvalue weighted by Crippen LogP contribution is -2.28. The molecule has 1 heterocycles. The molecule has 0 saturated carbocycles. The summed E-state index contributed by atoms with van der Waals surface area (Å²) in [5.41, 5.74) is -0.0705. The molecule has 0 aliphatic heterocycles. The van der Waals surface area contributed by atoms with Crippen LogP contribution in [0.25, 0.3) is 0 Å². The summed E-state index contributed by atoms with van der Waals surface area (Å²) in [6, 6.07) is 6.96. The molecule has 0 aliphatic rings. The Kier molecular flexibility index (Phi) is 6.20. The zero-order valence-corrected chi connectivity index (χ0v) is 12.7. The van der Waals surface area contributed by atoms with Crippen molar-refractivity contribution >= 4 is 5.91 Å². The van der Waals surface area contributed by atoms with Crippen LogP contribution in [0.2, 0.25) is 0 Å². The average molecular weight is 331 g/mol. The van der Waals surface area contributed by atoms with E-state index < -0.39 is 23.6 Å². The maximum absolute atomic E-state index is 13.7. The molecule has 24 heavy (non-hydrogen) atoms. The summed E-state index contributed by atoms with van der Waals surface area (Å²) in [5, 5.41) is 11.5. The second-order valence-electron chi connectivity index (χ2n) is 4.94. The molecule has 7 heteroatoms. The highest BCUT2D eigenvalue weighted by atomic mass is 19.1. The number of hydrogen-bond donors (Lipinski definition) is 1. The van der Waals surface area contributed by atoms with Crippen LogP contribution in [0, 0.1) is 23.0 Å². The van der Waals surface area contributed by atoms with Crippen molar-refractivity contribution in [2.75, 3.05) is 6.61 Å². The van der Waals surface area contributed by atoms with Crippen LogP contribution in [-0.2, 0) is 4.79 Å². The molecule has 124 valence electrons. The van der Waals surface area contributed by atoms with Crippen LogP contribution in [-0.4, -0.2) is 17.5 Å². The summed E-state index contributed by atoms with van der Waals surface area (Å²) < 4.78 is 32.0. The van der Waals surface area contributed by atoms with Crippen LogP contribution in [0.1, 0.15) is 24.4 Å². The molecule has 0 fully saturated rings. The van der Waals surface area contributed by atoms with Crippen molar-refractivity contribution in [3.63, 3.8) is 0 Å². The van der Waals surface area contributed by atoms with Crippen molar-refractivity contribution in [1.82, 2.24) is 10.3 Å². The number of carbonyl (C=O) groups excluding carboxylic acids is 1. The molecule has 1 atom stereocenters. The molecule has 0 saturated heterocycles. The van der Waals surface area contributed by atoms with Gasteiger partial charge in [0.1, 0.15) is 23.4 Å². The Morgan fingerprint density at radius 3 is 2.88 bits per heavy atom. The molecule has 0 aliphatic carbocycles.